The molecule has 4 aromatic rings. The SMILES string of the molecule is [N-]=[N+]=NCc1cc2ccc3cccc4ccc(c1)c2c34. The van der Waals surface area contributed by atoms with E-state index in [0.29, 0.717) is 6.54 Å². The molecule has 94 valence electrons. The van der Waals surface area contributed by atoms with Gasteiger partial charge in [-0.25, -0.2) is 0 Å². The van der Waals surface area contributed by atoms with Gasteiger partial charge < -0.3 is 0 Å². The van der Waals surface area contributed by atoms with Crippen molar-refractivity contribution in [3.05, 3.63) is 70.6 Å². The van der Waals surface area contributed by atoms with Gasteiger partial charge in [-0.2, -0.15) is 0 Å². The topological polar surface area (TPSA) is 48.8 Å². The van der Waals surface area contributed by atoms with Crippen molar-refractivity contribution >= 4 is 32.3 Å². The van der Waals surface area contributed by atoms with Gasteiger partial charge in [-0.1, -0.05) is 59.7 Å². The Morgan fingerprint density at radius 1 is 0.800 bits per heavy atom. The Labute approximate surface area is 115 Å². The van der Waals surface area contributed by atoms with E-state index in [1.165, 1.54) is 32.3 Å². The first-order chi connectivity index (χ1) is 9.86. The van der Waals surface area contributed by atoms with Crippen LogP contribution >= 0.6 is 0 Å². The lowest BCUT2D eigenvalue weighted by atomic mass is 9.93. The molecule has 0 heterocycles. The van der Waals surface area contributed by atoms with Gasteiger partial charge in [0.25, 0.3) is 0 Å². The summed E-state index contributed by atoms with van der Waals surface area (Å²) >= 11 is 0. The van der Waals surface area contributed by atoms with Gasteiger partial charge >= 0.3 is 0 Å². The number of rotatable bonds is 2. The van der Waals surface area contributed by atoms with Crippen LogP contribution in [0.1, 0.15) is 5.56 Å². The zero-order valence-electron chi connectivity index (χ0n) is 10.7. The third-order valence-corrected chi connectivity index (χ3v) is 3.84. The highest BCUT2D eigenvalue weighted by Gasteiger charge is 2.08. The first-order valence-electron chi connectivity index (χ1n) is 6.54. The van der Waals surface area contributed by atoms with Gasteiger partial charge in [0.2, 0.25) is 0 Å². The average Bonchev–Trinajstić information content (AvgIpc) is 2.50. The van der Waals surface area contributed by atoms with Crippen molar-refractivity contribution in [1.29, 1.82) is 0 Å². The quantitative estimate of drug-likeness (QED) is 0.200. The summed E-state index contributed by atoms with van der Waals surface area (Å²) in [5.74, 6) is 0. The standard InChI is InChI=1S/C17H11N3/c18-20-19-10-11-8-14-6-4-12-2-1-3-13-5-7-15(9-11)17(14)16(12)13/h1-9H,10H2. The Hall–Kier alpha value is -2.77. The van der Waals surface area contributed by atoms with E-state index in [1.54, 1.807) is 0 Å². The Morgan fingerprint density at radius 2 is 1.35 bits per heavy atom. The zero-order chi connectivity index (χ0) is 13.5. The van der Waals surface area contributed by atoms with Crippen molar-refractivity contribution in [2.45, 2.75) is 6.54 Å². The third kappa shape index (κ3) is 1.51. The monoisotopic (exact) mass is 257 g/mol. The fraction of sp³-hybridized carbons (Fsp3) is 0.0588. The zero-order valence-corrected chi connectivity index (χ0v) is 10.7. The molecule has 20 heavy (non-hydrogen) atoms. The van der Waals surface area contributed by atoms with Crippen LogP contribution in [-0.2, 0) is 6.54 Å². The van der Waals surface area contributed by atoms with Gasteiger partial charge in [0.1, 0.15) is 0 Å². The summed E-state index contributed by atoms with van der Waals surface area (Å²) in [4.78, 5) is 2.84. The summed E-state index contributed by atoms with van der Waals surface area (Å²) in [7, 11) is 0. The lowest BCUT2D eigenvalue weighted by molar-refractivity contribution is 1.05. The van der Waals surface area contributed by atoms with E-state index in [0.717, 1.165) is 5.56 Å². The highest BCUT2D eigenvalue weighted by molar-refractivity contribution is 6.23. The van der Waals surface area contributed by atoms with Crippen LogP contribution in [0.5, 0.6) is 0 Å². The fourth-order valence-electron chi connectivity index (χ4n) is 3.02. The molecule has 3 heteroatoms. The Kier molecular flexibility index (Phi) is 2.28. The molecule has 0 spiro atoms. The maximum absolute atomic E-state index is 8.46. The molecular formula is C17H11N3. The van der Waals surface area contributed by atoms with Crippen LogP contribution in [0.2, 0.25) is 0 Å². The van der Waals surface area contributed by atoms with E-state index < -0.39 is 0 Å². The summed E-state index contributed by atoms with van der Waals surface area (Å²) in [5, 5.41) is 11.2. The Morgan fingerprint density at radius 3 is 1.95 bits per heavy atom. The molecule has 3 nitrogen and oxygen atoms in total. The molecule has 0 radical (unpaired) electrons. The molecule has 0 aliphatic heterocycles. The molecule has 0 aliphatic rings. The molecule has 0 amide bonds. The van der Waals surface area contributed by atoms with Gasteiger partial charge in [0, 0.05) is 4.91 Å². The molecular weight excluding hydrogens is 246 g/mol. The highest BCUT2D eigenvalue weighted by Crippen LogP contribution is 2.35. The van der Waals surface area contributed by atoms with Crippen LogP contribution in [0.3, 0.4) is 0 Å². The number of benzene rings is 4. The van der Waals surface area contributed by atoms with Gasteiger partial charge in [0.05, 0.1) is 6.54 Å². The maximum atomic E-state index is 8.46. The molecule has 0 N–H and O–H groups in total. The van der Waals surface area contributed by atoms with Crippen molar-refractivity contribution < 1.29 is 0 Å². The van der Waals surface area contributed by atoms with E-state index in [2.05, 4.69) is 64.6 Å². The Bertz CT molecular complexity index is 918. The number of azide groups is 1. The minimum atomic E-state index is 0.396. The molecule has 4 aromatic carbocycles. The van der Waals surface area contributed by atoms with Gasteiger partial charge in [-0.05, 0) is 43.4 Å². The van der Waals surface area contributed by atoms with Crippen LogP contribution in [0, 0.1) is 0 Å². The summed E-state index contributed by atoms with van der Waals surface area (Å²) in [6, 6.07) is 19.2. The van der Waals surface area contributed by atoms with Gasteiger partial charge in [-0.3, -0.25) is 0 Å². The van der Waals surface area contributed by atoms with Crippen LogP contribution in [-0.4, -0.2) is 0 Å². The summed E-state index contributed by atoms with van der Waals surface area (Å²) in [5.41, 5.74) is 9.51. The first-order valence-corrected chi connectivity index (χ1v) is 6.54. The molecule has 0 bridgehead atoms. The molecule has 0 unspecified atom stereocenters. The van der Waals surface area contributed by atoms with Crippen molar-refractivity contribution in [3.63, 3.8) is 0 Å². The third-order valence-electron chi connectivity index (χ3n) is 3.84. The molecule has 0 aliphatic carbocycles. The average molecular weight is 257 g/mol. The predicted octanol–water partition coefficient (Wildman–Crippen LogP) is 5.39. The second-order valence-electron chi connectivity index (χ2n) is 5.02. The Balaban J connectivity index is 2.16. The summed E-state index contributed by atoms with van der Waals surface area (Å²) in [6.45, 7) is 0.396. The molecule has 0 fully saturated rings. The van der Waals surface area contributed by atoms with E-state index in [-0.39, 0.29) is 0 Å². The smallest absolute Gasteiger partial charge is 0.0511 e. The van der Waals surface area contributed by atoms with Gasteiger partial charge in [-0.15, -0.1) is 0 Å². The lowest BCUT2D eigenvalue weighted by Crippen LogP contribution is -1.87. The van der Waals surface area contributed by atoms with Crippen LogP contribution in [0.25, 0.3) is 42.8 Å². The second-order valence-corrected chi connectivity index (χ2v) is 5.02. The first kappa shape index (κ1) is 11.1. The van der Waals surface area contributed by atoms with E-state index in [1.807, 2.05) is 0 Å². The van der Waals surface area contributed by atoms with Crippen molar-refractivity contribution in [2.75, 3.05) is 0 Å². The predicted molar refractivity (Wildman–Crippen MR) is 83.0 cm³/mol. The second kappa shape index (κ2) is 4.12. The molecule has 0 aromatic heterocycles. The van der Waals surface area contributed by atoms with Crippen molar-refractivity contribution in [3.8, 4) is 0 Å². The van der Waals surface area contributed by atoms with Crippen LogP contribution in [0.4, 0.5) is 0 Å². The minimum absolute atomic E-state index is 0.396. The maximum Gasteiger partial charge on any atom is 0.0511 e. The van der Waals surface area contributed by atoms with Crippen molar-refractivity contribution in [2.24, 2.45) is 5.11 Å². The van der Waals surface area contributed by atoms with E-state index >= 15 is 0 Å². The lowest BCUT2D eigenvalue weighted by Gasteiger charge is -2.11. The molecule has 0 saturated heterocycles. The summed E-state index contributed by atoms with van der Waals surface area (Å²) in [6.07, 6.45) is 0. The van der Waals surface area contributed by atoms with Gasteiger partial charge in [0.15, 0.2) is 0 Å². The van der Waals surface area contributed by atoms with E-state index in [4.69, 9.17) is 5.53 Å². The fourth-order valence-corrected chi connectivity index (χ4v) is 3.02. The molecule has 0 atom stereocenters. The number of hydrogen-bond acceptors (Lipinski definition) is 1. The van der Waals surface area contributed by atoms with Crippen LogP contribution < -0.4 is 0 Å². The van der Waals surface area contributed by atoms with Crippen molar-refractivity contribution in [1.82, 2.24) is 0 Å². The number of hydrogen-bond donors (Lipinski definition) is 0. The highest BCUT2D eigenvalue weighted by atomic mass is 15.1. The molecule has 0 saturated carbocycles. The summed E-state index contributed by atoms with van der Waals surface area (Å²) < 4.78 is 0. The normalized spacial score (nSPS) is 11.2. The molecule has 4 rings (SSSR count). The minimum Gasteiger partial charge on any atom is -0.0893 e. The van der Waals surface area contributed by atoms with Crippen LogP contribution in [0.15, 0.2) is 59.7 Å². The number of nitrogens with zero attached hydrogens (tertiary/aromatic N) is 3. The largest absolute Gasteiger partial charge is 0.0893 e. The van der Waals surface area contributed by atoms with E-state index in [9.17, 15) is 0 Å².